The molecule has 1 saturated carbocycles. The molecule has 2 heteroatoms. The van der Waals surface area contributed by atoms with Crippen molar-refractivity contribution in [3.05, 3.63) is 0 Å². The summed E-state index contributed by atoms with van der Waals surface area (Å²) >= 11 is 0. The molecule has 1 radical (unpaired) electrons. The lowest BCUT2D eigenvalue weighted by Crippen LogP contribution is -2.34. The maximum absolute atomic E-state index is 11.2. The lowest BCUT2D eigenvalue weighted by Gasteiger charge is -2.26. The van der Waals surface area contributed by atoms with E-state index in [1.54, 1.807) is 0 Å². The van der Waals surface area contributed by atoms with Gasteiger partial charge in [-0.1, -0.05) is 0 Å². The van der Waals surface area contributed by atoms with Crippen LogP contribution in [0.3, 0.4) is 0 Å². The van der Waals surface area contributed by atoms with E-state index in [2.05, 4.69) is 0 Å². The van der Waals surface area contributed by atoms with E-state index >= 15 is 0 Å². The maximum atomic E-state index is 11.2. The third-order valence-corrected chi connectivity index (χ3v) is 2.40. The van der Waals surface area contributed by atoms with Gasteiger partial charge in [0.15, 0.2) is 0 Å². The number of ether oxygens (including phenoxy) is 1. The van der Waals surface area contributed by atoms with Gasteiger partial charge in [-0.15, -0.1) is 0 Å². The van der Waals surface area contributed by atoms with Gasteiger partial charge in [0.2, 0.25) is 0 Å². The molecule has 0 aromatic carbocycles. The normalized spacial score (nSPS) is 41.7. The first-order chi connectivity index (χ1) is 4.88. The largest absolute Gasteiger partial charge is 0.375 e. The van der Waals surface area contributed by atoms with Crippen molar-refractivity contribution < 1.29 is 9.84 Å². The van der Waals surface area contributed by atoms with Crippen LogP contribution in [0.1, 0.15) is 25.7 Å². The second-order valence-corrected chi connectivity index (χ2v) is 3.35. The second kappa shape index (κ2) is 2.51. The third kappa shape index (κ3) is 1.18. The van der Waals surface area contributed by atoms with Crippen LogP contribution in [0.5, 0.6) is 0 Å². The molecule has 2 aliphatic rings. The van der Waals surface area contributed by atoms with E-state index in [0.29, 0.717) is 5.92 Å². The number of hydrogen-bond acceptors (Lipinski definition) is 1. The Morgan fingerprint density at radius 1 is 1.20 bits per heavy atom. The minimum atomic E-state index is -0.416. The van der Waals surface area contributed by atoms with Gasteiger partial charge < -0.3 is 4.74 Å². The first kappa shape index (κ1) is 6.62. The van der Waals surface area contributed by atoms with Gasteiger partial charge in [0, 0.05) is 6.61 Å². The zero-order valence-corrected chi connectivity index (χ0v) is 6.08. The Morgan fingerprint density at radius 3 is 2.60 bits per heavy atom. The van der Waals surface area contributed by atoms with E-state index in [1.165, 1.54) is 12.8 Å². The molecule has 0 aromatic rings. The summed E-state index contributed by atoms with van der Waals surface area (Å²) in [5, 5.41) is 11.2. The van der Waals surface area contributed by atoms with E-state index in [0.717, 1.165) is 19.4 Å². The van der Waals surface area contributed by atoms with Gasteiger partial charge in [0.1, 0.15) is 6.10 Å². The quantitative estimate of drug-likeness (QED) is 0.542. The zero-order valence-electron chi connectivity index (χ0n) is 6.08. The van der Waals surface area contributed by atoms with Crippen LogP contribution >= 0.6 is 0 Å². The molecule has 1 aliphatic heterocycles. The van der Waals surface area contributed by atoms with Crippen molar-refractivity contribution in [2.24, 2.45) is 5.92 Å². The Morgan fingerprint density at radius 2 is 2.00 bits per heavy atom. The topological polar surface area (TPSA) is 29.1 Å². The molecule has 10 heavy (non-hydrogen) atoms. The van der Waals surface area contributed by atoms with Gasteiger partial charge in [0.05, 0.1) is 6.10 Å². The lowest BCUT2D eigenvalue weighted by atomic mass is 10.0. The van der Waals surface area contributed by atoms with Crippen molar-refractivity contribution in [3.63, 3.8) is 0 Å². The molecular weight excluding hydrogens is 128 g/mol. The number of rotatable bonds is 1. The van der Waals surface area contributed by atoms with Crippen molar-refractivity contribution in [2.75, 3.05) is 6.61 Å². The molecule has 1 saturated heterocycles. The SMILES string of the molecule is [O]C1CCCOC1C1CC1. The molecule has 2 atom stereocenters. The van der Waals surface area contributed by atoms with Crippen LogP contribution in [0.4, 0.5) is 0 Å². The summed E-state index contributed by atoms with van der Waals surface area (Å²) < 4.78 is 5.40. The van der Waals surface area contributed by atoms with Gasteiger partial charge in [-0.3, -0.25) is 0 Å². The molecule has 0 N–H and O–H groups in total. The Bertz CT molecular complexity index is 120. The number of hydrogen-bond donors (Lipinski definition) is 0. The Kier molecular flexibility index (Phi) is 1.66. The van der Waals surface area contributed by atoms with E-state index in [-0.39, 0.29) is 6.10 Å². The smallest absolute Gasteiger partial charge is 0.119 e. The molecule has 0 bridgehead atoms. The van der Waals surface area contributed by atoms with Gasteiger partial charge in [0.25, 0.3) is 0 Å². The Balaban J connectivity index is 1.90. The van der Waals surface area contributed by atoms with E-state index in [9.17, 15) is 5.11 Å². The van der Waals surface area contributed by atoms with Crippen molar-refractivity contribution in [1.82, 2.24) is 0 Å². The van der Waals surface area contributed by atoms with Crippen LogP contribution in [0.25, 0.3) is 0 Å². The van der Waals surface area contributed by atoms with Gasteiger partial charge in [-0.05, 0) is 31.6 Å². The van der Waals surface area contributed by atoms with Crippen LogP contribution in [-0.2, 0) is 9.84 Å². The minimum absolute atomic E-state index is 0.0775. The van der Waals surface area contributed by atoms with Gasteiger partial charge in [-0.2, -0.15) is 0 Å². The Hall–Kier alpha value is -0.0800. The van der Waals surface area contributed by atoms with Crippen LogP contribution in [0.2, 0.25) is 0 Å². The maximum Gasteiger partial charge on any atom is 0.119 e. The van der Waals surface area contributed by atoms with E-state index in [1.807, 2.05) is 0 Å². The van der Waals surface area contributed by atoms with Crippen molar-refractivity contribution in [2.45, 2.75) is 37.9 Å². The van der Waals surface area contributed by atoms with Crippen LogP contribution in [-0.4, -0.2) is 18.8 Å². The predicted octanol–water partition coefficient (Wildman–Crippen LogP) is 1.37. The van der Waals surface area contributed by atoms with Gasteiger partial charge >= 0.3 is 0 Å². The highest BCUT2D eigenvalue weighted by atomic mass is 16.5. The fourth-order valence-electron chi connectivity index (χ4n) is 1.64. The highest BCUT2D eigenvalue weighted by molar-refractivity contribution is 4.88. The summed E-state index contributed by atoms with van der Waals surface area (Å²) in [5.74, 6) is 0.628. The van der Waals surface area contributed by atoms with Crippen molar-refractivity contribution in [3.8, 4) is 0 Å². The monoisotopic (exact) mass is 141 g/mol. The Labute approximate surface area is 61.2 Å². The molecule has 0 aromatic heterocycles. The highest BCUT2D eigenvalue weighted by Gasteiger charge is 2.38. The van der Waals surface area contributed by atoms with Crippen LogP contribution in [0, 0.1) is 5.92 Å². The molecular formula is C8H13O2. The van der Waals surface area contributed by atoms with Gasteiger partial charge in [-0.25, -0.2) is 5.11 Å². The fraction of sp³-hybridized carbons (Fsp3) is 1.00. The molecule has 2 nitrogen and oxygen atoms in total. The first-order valence-electron chi connectivity index (χ1n) is 4.15. The molecule has 2 rings (SSSR count). The summed E-state index contributed by atoms with van der Waals surface area (Å²) in [5.41, 5.74) is 0. The molecule has 0 spiro atoms. The summed E-state index contributed by atoms with van der Waals surface area (Å²) in [6.07, 6.45) is 3.92. The fourth-order valence-corrected chi connectivity index (χ4v) is 1.64. The van der Waals surface area contributed by atoms with E-state index in [4.69, 9.17) is 4.74 Å². The third-order valence-electron chi connectivity index (χ3n) is 2.40. The first-order valence-corrected chi connectivity index (χ1v) is 4.15. The summed E-state index contributed by atoms with van der Waals surface area (Å²) in [7, 11) is 0. The van der Waals surface area contributed by atoms with Crippen LogP contribution < -0.4 is 0 Å². The highest BCUT2D eigenvalue weighted by Crippen LogP contribution is 2.38. The molecule has 57 valence electrons. The molecule has 2 unspecified atom stereocenters. The van der Waals surface area contributed by atoms with Crippen molar-refractivity contribution >= 4 is 0 Å². The van der Waals surface area contributed by atoms with Crippen LogP contribution in [0.15, 0.2) is 0 Å². The summed E-state index contributed by atoms with van der Waals surface area (Å²) in [4.78, 5) is 0. The molecule has 2 fully saturated rings. The van der Waals surface area contributed by atoms with E-state index < -0.39 is 6.10 Å². The predicted molar refractivity (Wildman–Crippen MR) is 36.2 cm³/mol. The summed E-state index contributed by atoms with van der Waals surface area (Å²) in [6, 6.07) is 0. The minimum Gasteiger partial charge on any atom is -0.375 e. The standard InChI is InChI=1S/C8H13O2/c9-7-2-1-5-10-8(7)6-3-4-6/h6-8H,1-5H2. The average Bonchev–Trinajstić information content (AvgIpc) is 2.71. The zero-order chi connectivity index (χ0) is 6.97. The summed E-state index contributed by atoms with van der Waals surface area (Å²) in [6.45, 7) is 0.819. The lowest BCUT2D eigenvalue weighted by molar-refractivity contribution is -0.110. The second-order valence-electron chi connectivity index (χ2n) is 3.35. The average molecular weight is 141 g/mol. The molecule has 1 aliphatic carbocycles. The van der Waals surface area contributed by atoms with Crippen molar-refractivity contribution in [1.29, 1.82) is 0 Å². The molecule has 0 amide bonds. The molecule has 1 heterocycles.